The van der Waals surface area contributed by atoms with Crippen LogP contribution in [0.25, 0.3) is 0 Å². The van der Waals surface area contributed by atoms with Crippen LogP contribution in [0, 0.1) is 0 Å². The zero-order chi connectivity index (χ0) is 14.3. The summed E-state index contributed by atoms with van der Waals surface area (Å²) in [7, 11) is 1.69. The minimum absolute atomic E-state index is 0.0128. The Kier molecular flexibility index (Phi) is 12.2. The van der Waals surface area contributed by atoms with Crippen LogP contribution in [0.5, 0.6) is 0 Å². The van der Waals surface area contributed by atoms with Crippen LogP contribution in [0.3, 0.4) is 0 Å². The standard InChI is InChI=1S/C13H28N4O2/c1-4-8-15-12(18)11-17-13(14-3)16-9-6-7-10-19-5-2/h4-11H2,1-3H3,(H,15,18)(H2,14,16,17). The average molecular weight is 272 g/mol. The number of nitrogens with zero attached hydrogens (tertiary/aromatic N) is 1. The third-order valence-corrected chi connectivity index (χ3v) is 2.42. The largest absolute Gasteiger partial charge is 0.382 e. The Morgan fingerprint density at radius 3 is 2.53 bits per heavy atom. The number of hydrogen-bond acceptors (Lipinski definition) is 3. The fraction of sp³-hybridized carbons (Fsp3) is 0.846. The van der Waals surface area contributed by atoms with Gasteiger partial charge in [-0.25, -0.2) is 0 Å². The van der Waals surface area contributed by atoms with Crippen molar-refractivity contribution in [1.29, 1.82) is 0 Å². The van der Waals surface area contributed by atoms with E-state index < -0.39 is 0 Å². The minimum Gasteiger partial charge on any atom is -0.382 e. The first kappa shape index (κ1) is 17.7. The molecular formula is C13H28N4O2. The van der Waals surface area contributed by atoms with Crippen molar-refractivity contribution >= 4 is 11.9 Å². The van der Waals surface area contributed by atoms with E-state index in [1.807, 2.05) is 13.8 Å². The van der Waals surface area contributed by atoms with E-state index in [9.17, 15) is 4.79 Å². The van der Waals surface area contributed by atoms with Gasteiger partial charge in [-0.2, -0.15) is 0 Å². The zero-order valence-electron chi connectivity index (χ0n) is 12.4. The van der Waals surface area contributed by atoms with Gasteiger partial charge in [0.1, 0.15) is 0 Å². The van der Waals surface area contributed by atoms with Crippen molar-refractivity contribution in [3.63, 3.8) is 0 Å². The lowest BCUT2D eigenvalue weighted by Gasteiger charge is -2.11. The van der Waals surface area contributed by atoms with Crippen molar-refractivity contribution in [2.24, 2.45) is 4.99 Å². The molecule has 0 fully saturated rings. The Balaban J connectivity index is 3.58. The van der Waals surface area contributed by atoms with Crippen LogP contribution in [-0.4, -0.2) is 51.8 Å². The summed E-state index contributed by atoms with van der Waals surface area (Å²) in [5.41, 5.74) is 0. The number of hydrogen-bond donors (Lipinski definition) is 3. The van der Waals surface area contributed by atoms with E-state index in [-0.39, 0.29) is 12.5 Å². The quantitative estimate of drug-likeness (QED) is 0.307. The lowest BCUT2D eigenvalue weighted by Crippen LogP contribution is -2.43. The number of rotatable bonds is 10. The summed E-state index contributed by atoms with van der Waals surface area (Å²) >= 11 is 0. The molecule has 0 aliphatic heterocycles. The van der Waals surface area contributed by atoms with Gasteiger partial charge in [0.15, 0.2) is 5.96 Å². The summed E-state index contributed by atoms with van der Waals surface area (Å²) in [6.45, 7) is 7.36. The molecule has 0 aromatic rings. The number of amides is 1. The lowest BCUT2D eigenvalue weighted by molar-refractivity contribution is -0.120. The second-order valence-corrected chi connectivity index (χ2v) is 4.11. The van der Waals surface area contributed by atoms with Crippen LogP contribution in [0.15, 0.2) is 4.99 Å². The van der Waals surface area contributed by atoms with Gasteiger partial charge in [-0.05, 0) is 26.2 Å². The van der Waals surface area contributed by atoms with E-state index in [1.54, 1.807) is 7.05 Å². The van der Waals surface area contributed by atoms with Gasteiger partial charge >= 0.3 is 0 Å². The summed E-state index contributed by atoms with van der Waals surface area (Å²) in [4.78, 5) is 15.5. The number of unbranched alkanes of at least 4 members (excludes halogenated alkanes) is 1. The molecule has 0 aromatic carbocycles. The predicted molar refractivity (Wildman–Crippen MR) is 78.4 cm³/mol. The molecule has 0 spiro atoms. The van der Waals surface area contributed by atoms with Gasteiger partial charge in [0.25, 0.3) is 0 Å². The molecule has 112 valence electrons. The lowest BCUT2D eigenvalue weighted by atomic mass is 10.3. The molecule has 0 rings (SSSR count). The maximum Gasteiger partial charge on any atom is 0.239 e. The van der Waals surface area contributed by atoms with E-state index in [4.69, 9.17) is 4.74 Å². The molecule has 1 amide bonds. The van der Waals surface area contributed by atoms with Gasteiger partial charge in [0, 0.05) is 33.4 Å². The van der Waals surface area contributed by atoms with Crippen molar-refractivity contribution < 1.29 is 9.53 Å². The first-order valence-electron chi connectivity index (χ1n) is 7.03. The predicted octanol–water partition coefficient (Wildman–Crippen LogP) is 0.494. The fourth-order valence-electron chi connectivity index (χ4n) is 1.39. The number of guanidine groups is 1. The molecule has 0 unspecified atom stereocenters. The second kappa shape index (κ2) is 13.1. The summed E-state index contributed by atoms with van der Waals surface area (Å²) in [5.74, 6) is 0.643. The van der Waals surface area contributed by atoms with Crippen LogP contribution >= 0.6 is 0 Å². The van der Waals surface area contributed by atoms with E-state index in [0.29, 0.717) is 12.5 Å². The van der Waals surface area contributed by atoms with E-state index >= 15 is 0 Å². The van der Waals surface area contributed by atoms with Gasteiger partial charge in [-0.15, -0.1) is 0 Å². The summed E-state index contributed by atoms with van der Waals surface area (Å²) in [6, 6.07) is 0. The Labute approximate surface area is 116 Å². The molecule has 19 heavy (non-hydrogen) atoms. The summed E-state index contributed by atoms with van der Waals surface area (Å²) in [6.07, 6.45) is 2.98. The van der Waals surface area contributed by atoms with Crippen LogP contribution in [-0.2, 0) is 9.53 Å². The molecule has 0 aliphatic rings. The SMILES string of the molecule is CCCNC(=O)CNC(=NC)NCCCCOCC. The van der Waals surface area contributed by atoms with Gasteiger partial charge in [0.2, 0.25) is 5.91 Å². The number of carbonyl (C=O) groups excluding carboxylic acids is 1. The Hall–Kier alpha value is -1.30. The van der Waals surface area contributed by atoms with E-state index in [1.165, 1.54) is 0 Å². The number of nitrogens with one attached hydrogen (secondary N) is 3. The highest BCUT2D eigenvalue weighted by Crippen LogP contribution is 1.88. The number of carbonyl (C=O) groups is 1. The fourth-order valence-corrected chi connectivity index (χ4v) is 1.39. The Morgan fingerprint density at radius 1 is 1.11 bits per heavy atom. The van der Waals surface area contributed by atoms with Crippen LogP contribution in [0.2, 0.25) is 0 Å². The van der Waals surface area contributed by atoms with Gasteiger partial charge in [0.05, 0.1) is 6.54 Å². The van der Waals surface area contributed by atoms with Crippen molar-refractivity contribution in [2.45, 2.75) is 33.1 Å². The maximum atomic E-state index is 11.4. The molecule has 0 heterocycles. The van der Waals surface area contributed by atoms with Crippen LogP contribution in [0.4, 0.5) is 0 Å². The zero-order valence-corrected chi connectivity index (χ0v) is 12.4. The normalized spacial score (nSPS) is 11.2. The van der Waals surface area contributed by atoms with Gasteiger partial charge < -0.3 is 20.7 Å². The number of ether oxygens (including phenoxy) is 1. The second-order valence-electron chi connectivity index (χ2n) is 4.11. The monoisotopic (exact) mass is 272 g/mol. The smallest absolute Gasteiger partial charge is 0.239 e. The van der Waals surface area contributed by atoms with Crippen molar-refractivity contribution in [3.05, 3.63) is 0 Å². The van der Waals surface area contributed by atoms with E-state index in [2.05, 4.69) is 20.9 Å². The molecular weight excluding hydrogens is 244 g/mol. The molecule has 6 nitrogen and oxygen atoms in total. The highest BCUT2D eigenvalue weighted by Gasteiger charge is 2.01. The molecule has 0 radical (unpaired) electrons. The Bertz CT molecular complexity index is 257. The van der Waals surface area contributed by atoms with Crippen LogP contribution < -0.4 is 16.0 Å². The molecule has 0 atom stereocenters. The first-order chi connectivity index (χ1) is 9.24. The summed E-state index contributed by atoms with van der Waals surface area (Å²) < 4.78 is 5.26. The minimum atomic E-state index is -0.0128. The highest BCUT2D eigenvalue weighted by molar-refractivity contribution is 5.86. The van der Waals surface area contributed by atoms with Crippen molar-refractivity contribution in [3.8, 4) is 0 Å². The molecule has 0 aliphatic carbocycles. The van der Waals surface area contributed by atoms with Crippen molar-refractivity contribution in [1.82, 2.24) is 16.0 Å². The van der Waals surface area contributed by atoms with E-state index in [0.717, 1.165) is 39.0 Å². The molecule has 3 N–H and O–H groups in total. The van der Waals surface area contributed by atoms with Crippen molar-refractivity contribution in [2.75, 3.05) is 39.9 Å². The van der Waals surface area contributed by atoms with Crippen LogP contribution in [0.1, 0.15) is 33.1 Å². The topological polar surface area (TPSA) is 74.8 Å². The highest BCUT2D eigenvalue weighted by atomic mass is 16.5. The third-order valence-electron chi connectivity index (χ3n) is 2.42. The average Bonchev–Trinajstić information content (AvgIpc) is 2.43. The third kappa shape index (κ3) is 11.5. The number of aliphatic imine (C=N–C) groups is 1. The molecule has 0 bridgehead atoms. The maximum absolute atomic E-state index is 11.4. The Morgan fingerprint density at radius 2 is 1.89 bits per heavy atom. The molecule has 0 aromatic heterocycles. The van der Waals surface area contributed by atoms with Gasteiger partial charge in [-0.1, -0.05) is 6.92 Å². The first-order valence-corrected chi connectivity index (χ1v) is 7.03. The van der Waals surface area contributed by atoms with Gasteiger partial charge in [-0.3, -0.25) is 9.79 Å². The summed E-state index contributed by atoms with van der Waals surface area (Å²) in [5, 5.41) is 8.94. The molecule has 6 heteroatoms. The molecule has 0 saturated carbocycles. The molecule has 0 saturated heterocycles.